The van der Waals surface area contributed by atoms with Gasteiger partial charge in [-0.2, -0.15) is 0 Å². The molecule has 3 heterocycles. The van der Waals surface area contributed by atoms with Crippen LogP contribution in [-0.4, -0.2) is 41.3 Å². The number of alkyl halides is 3. The molecule has 1 fully saturated rings. The first kappa shape index (κ1) is 25.4. The van der Waals surface area contributed by atoms with Crippen LogP contribution in [0.2, 0.25) is 0 Å². The first-order valence-corrected chi connectivity index (χ1v) is 13.2. The van der Waals surface area contributed by atoms with E-state index in [0.717, 1.165) is 52.2 Å². The van der Waals surface area contributed by atoms with Gasteiger partial charge in [-0.15, -0.1) is 24.5 Å². The second-order valence-electron chi connectivity index (χ2n) is 9.47. The van der Waals surface area contributed by atoms with Gasteiger partial charge in [-0.05, 0) is 86.3 Å². The van der Waals surface area contributed by atoms with Crippen LogP contribution >= 0.6 is 11.3 Å². The van der Waals surface area contributed by atoms with Gasteiger partial charge in [0.1, 0.15) is 11.6 Å². The Kier molecular flexibility index (Phi) is 7.26. The zero-order chi connectivity index (χ0) is 26.0. The van der Waals surface area contributed by atoms with Crippen LogP contribution in [0.1, 0.15) is 35.4 Å². The molecule has 1 unspecified atom stereocenters. The van der Waals surface area contributed by atoms with Crippen LogP contribution in [0.15, 0.2) is 66.0 Å². The van der Waals surface area contributed by atoms with Crippen molar-refractivity contribution >= 4 is 33.8 Å². The fourth-order valence-electron chi connectivity index (χ4n) is 5.08. The maximum Gasteiger partial charge on any atom is 0.573 e. The summed E-state index contributed by atoms with van der Waals surface area (Å²) in [4.78, 5) is 3.29. The molecule has 2 N–H and O–H groups in total. The summed E-state index contributed by atoms with van der Waals surface area (Å²) >= 11 is 1.52. The smallest absolute Gasteiger partial charge is 0.406 e. The molecule has 1 aliphatic rings. The number of rotatable bonds is 8. The number of amidine groups is 1. The van der Waals surface area contributed by atoms with Crippen molar-refractivity contribution < 1.29 is 17.9 Å². The Morgan fingerprint density at radius 3 is 2.62 bits per heavy atom. The molecule has 0 amide bonds. The summed E-state index contributed by atoms with van der Waals surface area (Å²) in [5, 5.41) is 14.6. The molecular formula is C28H29F3N4OS. The van der Waals surface area contributed by atoms with Crippen molar-refractivity contribution in [1.29, 1.82) is 5.41 Å². The average Bonchev–Trinajstić information content (AvgIpc) is 3.59. The highest BCUT2D eigenvalue weighted by molar-refractivity contribution is 7.12. The van der Waals surface area contributed by atoms with Crippen LogP contribution in [0.3, 0.4) is 0 Å². The predicted molar refractivity (Wildman–Crippen MR) is 143 cm³/mol. The number of anilines is 1. The first-order chi connectivity index (χ1) is 17.7. The lowest BCUT2D eigenvalue weighted by Gasteiger charge is -2.21. The van der Waals surface area contributed by atoms with Crippen molar-refractivity contribution in [3.05, 3.63) is 82.2 Å². The Balaban J connectivity index is 1.41. The molecule has 5 nitrogen and oxygen atoms in total. The predicted octanol–water partition coefficient (Wildman–Crippen LogP) is 7.11. The molecular weight excluding hydrogens is 497 g/mol. The quantitative estimate of drug-likeness (QED) is 0.190. The van der Waals surface area contributed by atoms with Crippen molar-refractivity contribution in [1.82, 2.24) is 9.47 Å². The minimum absolute atomic E-state index is 0.218. The molecule has 0 saturated carbocycles. The minimum Gasteiger partial charge on any atom is -0.406 e. The number of benzene rings is 2. The lowest BCUT2D eigenvalue weighted by Crippen LogP contribution is -2.26. The van der Waals surface area contributed by atoms with Crippen LogP contribution in [0.25, 0.3) is 10.9 Å². The summed E-state index contributed by atoms with van der Waals surface area (Å²) in [5.41, 5.74) is 3.97. The highest BCUT2D eigenvalue weighted by Gasteiger charge is 2.31. The zero-order valence-corrected chi connectivity index (χ0v) is 21.3. The van der Waals surface area contributed by atoms with Gasteiger partial charge in [0, 0.05) is 41.3 Å². The van der Waals surface area contributed by atoms with E-state index in [-0.39, 0.29) is 5.75 Å². The number of fused-ring (bicyclic) bond motifs is 1. The van der Waals surface area contributed by atoms with Crippen molar-refractivity contribution in [3.8, 4) is 5.75 Å². The number of halogens is 3. The lowest BCUT2D eigenvalue weighted by atomic mass is 10.1. The van der Waals surface area contributed by atoms with E-state index in [1.807, 2.05) is 23.6 Å². The van der Waals surface area contributed by atoms with Crippen LogP contribution in [-0.2, 0) is 13.0 Å². The Morgan fingerprint density at radius 2 is 1.95 bits per heavy atom. The summed E-state index contributed by atoms with van der Waals surface area (Å²) in [6.45, 7) is 1.99. The molecule has 37 heavy (non-hydrogen) atoms. The summed E-state index contributed by atoms with van der Waals surface area (Å²) in [6.07, 6.45) is -0.653. The van der Waals surface area contributed by atoms with Gasteiger partial charge in [-0.25, -0.2) is 0 Å². The van der Waals surface area contributed by atoms with Crippen molar-refractivity contribution in [2.24, 2.45) is 0 Å². The topological polar surface area (TPSA) is 53.3 Å². The third-order valence-electron chi connectivity index (χ3n) is 6.92. The number of nitrogens with one attached hydrogen (secondary N) is 2. The maximum absolute atomic E-state index is 12.5. The number of hydrogen-bond donors (Lipinski definition) is 2. The molecule has 1 aliphatic heterocycles. The summed E-state index contributed by atoms with van der Waals surface area (Å²) < 4.78 is 44.0. The van der Waals surface area contributed by atoms with E-state index in [1.54, 1.807) is 12.1 Å². The molecule has 0 aliphatic carbocycles. The van der Waals surface area contributed by atoms with Crippen LogP contribution < -0.4 is 10.1 Å². The molecule has 2 aromatic carbocycles. The van der Waals surface area contributed by atoms with Crippen LogP contribution in [0, 0.1) is 5.41 Å². The van der Waals surface area contributed by atoms with Gasteiger partial charge in [0.05, 0.1) is 4.88 Å². The van der Waals surface area contributed by atoms with Crippen molar-refractivity contribution in [3.63, 3.8) is 0 Å². The zero-order valence-electron chi connectivity index (χ0n) is 20.5. The van der Waals surface area contributed by atoms with Gasteiger partial charge >= 0.3 is 6.36 Å². The van der Waals surface area contributed by atoms with Gasteiger partial charge in [-0.3, -0.25) is 5.41 Å². The minimum atomic E-state index is -4.70. The molecule has 0 radical (unpaired) electrons. The van der Waals surface area contributed by atoms with Crippen LogP contribution in [0.5, 0.6) is 5.75 Å². The average molecular weight is 527 g/mol. The molecule has 1 saturated heterocycles. The number of ether oxygens (including phenoxy) is 1. The van der Waals surface area contributed by atoms with E-state index in [4.69, 9.17) is 5.41 Å². The Hall–Kier alpha value is -3.30. The van der Waals surface area contributed by atoms with Crippen LogP contribution in [0.4, 0.5) is 18.9 Å². The third-order valence-corrected chi connectivity index (χ3v) is 7.81. The van der Waals surface area contributed by atoms with Gasteiger partial charge in [0.2, 0.25) is 0 Å². The number of thiophene rings is 1. The Labute approximate surface area is 218 Å². The van der Waals surface area contributed by atoms with E-state index in [9.17, 15) is 13.2 Å². The highest BCUT2D eigenvalue weighted by Crippen LogP contribution is 2.29. The number of aryl methyl sites for hydroxylation is 1. The molecule has 194 valence electrons. The molecule has 1 atom stereocenters. The number of likely N-dealkylation sites (tertiary alicyclic amines) is 1. The van der Waals surface area contributed by atoms with E-state index in [2.05, 4.69) is 44.8 Å². The molecule has 0 bridgehead atoms. The SMILES string of the molecule is CN1CCCC1CCn1c(Cc2ccc(OC(F)(F)F)cc2)cc2cc(NC(=N)c3cccs3)ccc21. The standard InChI is InChI=1S/C28H29F3N4OS/c1-34-13-2-4-22(34)12-14-35-23(16-19-6-9-24(10-7-19)36-28(29,30)31)18-20-17-21(8-11-25(20)35)33-27(32)26-5-3-15-37-26/h3,5-11,15,17-18,22H,2,4,12-14,16H2,1H3,(H2,32,33). The Morgan fingerprint density at radius 1 is 1.14 bits per heavy atom. The van der Waals surface area contributed by atoms with Gasteiger partial charge in [-0.1, -0.05) is 18.2 Å². The lowest BCUT2D eigenvalue weighted by molar-refractivity contribution is -0.274. The van der Waals surface area contributed by atoms with E-state index in [1.165, 1.54) is 36.3 Å². The van der Waals surface area contributed by atoms with Crippen molar-refractivity contribution in [2.75, 3.05) is 18.9 Å². The Bertz CT molecular complexity index is 1360. The molecule has 2 aromatic heterocycles. The van der Waals surface area contributed by atoms with E-state index in [0.29, 0.717) is 18.3 Å². The largest absolute Gasteiger partial charge is 0.573 e. The fourth-order valence-corrected chi connectivity index (χ4v) is 5.71. The molecule has 0 spiro atoms. The van der Waals surface area contributed by atoms with Gasteiger partial charge in [0.25, 0.3) is 0 Å². The number of nitrogens with zero attached hydrogens (tertiary/aromatic N) is 2. The summed E-state index contributed by atoms with van der Waals surface area (Å²) in [5.74, 6) is 0.143. The first-order valence-electron chi connectivity index (χ1n) is 12.3. The number of aromatic nitrogens is 1. The molecule has 9 heteroatoms. The second-order valence-corrected chi connectivity index (χ2v) is 10.4. The van der Waals surface area contributed by atoms with Gasteiger partial charge < -0.3 is 19.5 Å². The molecule has 5 rings (SSSR count). The summed E-state index contributed by atoms with van der Waals surface area (Å²) in [7, 11) is 2.18. The fraction of sp³-hybridized carbons (Fsp3) is 0.321. The third kappa shape index (κ3) is 6.17. The monoisotopic (exact) mass is 526 g/mol. The summed E-state index contributed by atoms with van der Waals surface area (Å²) in [6, 6.07) is 18.8. The van der Waals surface area contributed by atoms with E-state index >= 15 is 0 Å². The molecule has 4 aromatic rings. The van der Waals surface area contributed by atoms with Gasteiger partial charge in [0.15, 0.2) is 0 Å². The van der Waals surface area contributed by atoms with Crippen molar-refractivity contribution in [2.45, 2.75) is 44.6 Å². The highest BCUT2D eigenvalue weighted by atomic mass is 32.1. The second kappa shape index (κ2) is 10.6. The normalized spacial score (nSPS) is 16.4. The maximum atomic E-state index is 12.5. The number of hydrogen-bond acceptors (Lipinski definition) is 4. The van der Waals surface area contributed by atoms with E-state index < -0.39 is 6.36 Å².